The van der Waals surface area contributed by atoms with Crippen LogP contribution in [0.3, 0.4) is 0 Å². The summed E-state index contributed by atoms with van der Waals surface area (Å²) in [5.74, 6) is -0.408. The first-order valence-corrected chi connectivity index (χ1v) is 7.32. The molecular formula is C17H21NO3. The number of esters is 1. The Balaban J connectivity index is 2.10. The molecule has 0 saturated carbocycles. The van der Waals surface area contributed by atoms with Gasteiger partial charge < -0.3 is 10.1 Å². The highest BCUT2D eigenvalue weighted by Gasteiger charge is 2.21. The zero-order valence-electron chi connectivity index (χ0n) is 12.3. The van der Waals surface area contributed by atoms with Gasteiger partial charge in [0.05, 0.1) is 19.6 Å². The van der Waals surface area contributed by atoms with Crippen molar-refractivity contribution in [2.24, 2.45) is 0 Å². The summed E-state index contributed by atoms with van der Waals surface area (Å²) in [5.41, 5.74) is 1.74. The van der Waals surface area contributed by atoms with Gasteiger partial charge in [0.1, 0.15) is 0 Å². The van der Waals surface area contributed by atoms with Crippen LogP contribution in [0.25, 0.3) is 0 Å². The molecule has 1 aliphatic carbocycles. The Bertz CT molecular complexity index is 522. The van der Waals surface area contributed by atoms with Gasteiger partial charge in [-0.1, -0.05) is 36.4 Å². The van der Waals surface area contributed by atoms with Crippen LogP contribution in [-0.4, -0.2) is 19.0 Å². The molecule has 1 aliphatic rings. The van der Waals surface area contributed by atoms with E-state index in [1.807, 2.05) is 36.4 Å². The molecule has 0 bridgehead atoms. The zero-order chi connectivity index (χ0) is 15.1. The predicted molar refractivity (Wildman–Crippen MR) is 80.5 cm³/mol. The molecule has 0 saturated heterocycles. The van der Waals surface area contributed by atoms with Gasteiger partial charge in [0.2, 0.25) is 5.91 Å². The van der Waals surface area contributed by atoms with Gasteiger partial charge in [-0.25, -0.2) is 0 Å². The van der Waals surface area contributed by atoms with Crippen LogP contribution in [-0.2, 0) is 14.3 Å². The first-order chi connectivity index (χ1) is 10.2. The van der Waals surface area contributed by atoms with E-state index in [1.54, 1.807) is 0 Å². The topological polar surface area (TPSA) is 55.4 Å². The fourth-order valence-electron chi connectivity index (χ4n) is 2.48. The Kier molecular flexibility index (Phi) is 5.55. The van der Waals surface area contributed by atoms with Crippen molar-refractivity contribution in [3.05, 3.63) is 47.5 Å². The van der Waals surface area contributed by atoms with E-state index >= 15 is 0 Å². The molecule has 4 heteroatoms. The van der Waals surface area contributed by atoms with Crippen molar-refractivity contribution in [1.82, 2.24) is 5.32 Å². The van der Waals surface area contributed by atoms with Gasteiger partial charge in [-0.3, -0.25) is 9.59 Å². The Morgan fingerprint density at radius 3 is 2.62 bits per heavy atom. The van der Waals surface area contributed by atoms with Gasteiger partial charge >= 0.3 is 5.97 Å². The van der Waals surface area contributed by atoms with Crippen molar-refractivity contribution in [2.75, 3.05) is 7.11 Å². The molecule has 0 aromatic heterocycles. The van der Waals surface area contributed by atoms with Crippen molar-refractivity contribution in [3.8, 4) is 0 Å². The van der Waals surface area contributed by atoms with Gasteiger partial charge in [-0.15, -0.1) is 0 Å². The molecule has 0 aliphatic heterocycles. The van der Waals surface area contributed by atoms with Crippen LogP contribution < -0.4 is 5.32 Å². The minimum atomic E-state index is -0.353. The van der Waals surface area contributed by atoms with E-state index in [4.69, 9.17) is 4.74 Å². The van der Waals surface area contributed by atoms with Gasteiger partial charge in [-0.05, 0) is 31.2 Å². The molecule has 1 N–H and O–H groups in total. The molecule has 112 valence electrons. The maximum atomic E-state index is 12.3. The van der Waals surface area contributed by atoms with E-state index in [9.17, 15) is 9.59 Å². The molecule has 1 aromatic carbocycles. The lowest BCUT2D eigenvalue weighted by Crippen LogP contribution is -2.32. The predicted octanol–water partition coefficient (Wildman–Crippen LogP) is 2.91. The summed E-state index contributed by atoms with van der Waals surface area (Å²) in [5, 5.41) is 2.96. The quantitative estimate of drug-likeness (QED) is 0.847. The second kappa shape index (κ2) is 7.62. The minimum absolute atomic E-state index is 0.0764. The molecule has 0 spiro atoms. The molecule has 1 atom stereocenters. The molecule has 21 heavy (non-hydrogen) atoms. The number of allylic oxidation sites excluding steroid dienone is 1. The minimum Gasteiger partial charge on any atom is -0.469 e. The number of nitrogens with one attached hydrogen (secondary N) is 1. The van der Waals surface area contributed by atoms with Crippen LogP contribution in [0.5, 0.6) is 0 Å². The SMILES string of the molecule is COC(=O)C[C@@H](NC(=O)C1=CCCCC1)c1ccccc1. The average Bonchev–Trinajstić information content (AvgIpc) is 2.55. The molecule has 0 fully saturated rings. The first-order valence-electron chi connectivity index (χ1n) is 7.32. The van der Waals surface area contributed by atoms with E-state index in [0.717, 1.165) is 36.8 Å². The van der Waals surface area contributed by atoms with E-state index < -0.39 is 0 Å². The number of methoxy groups -OCH3 is 1. The lowest BCUT2D eigenvalue weighted by Gasteiger charge is -2.20. The number of hydrogen-bond donors (Lipinski definition) is 1. The summed E-state index contributed by atoms with van der Waals surface area (Å²) in [7, 11) is 1.36. The maximum Gasteiger partial charge on any atom is 0.307 e. The lowest BCUT2D eigenvalue weighted by molar-refractivity contribution is -0.141. The number of amides is 1. The summed E-state index contributed by atoms with van der Waals surface area (Å²) in [6, 6.07) is 9.15. The lowest BCUT2D eigenvalue weighted by atomic mass is 9.97. The number of carbonyl (C=O) groups is 2. The average molecular weight is 287 g/mol. The maximum absolute atomic E-state index is 12.3. The largest absolute Gasteiger partial charge is 0.469 e. The highest BCUT2D eigenvalue weighted by molar-refractivity contribution is 5.94. The Hall–Kier alpha value is -2.10. The molecule has 1 aromatic rings. The van der Waals surface area contributed by atoms with Gasteiger partial charge in [0.25, 0.3) is 0 Å². The number of ether oxygens (including phenoxy) is 1. The molecule has 0 radical (unpaired) electrons. The number of benzene rings is 1. The van der Waals surface area contributed by atoms with Crippen LogP contribution >= 0.6 is 0 Å². The second-order valence-electron chi connectivity index (χ2n) is 5.19. The third-order valence-electron chi connectivity index (χ3n) is 3.69. The summed E-state index contributed by atoms with van der Waals surface area (Å²) in [6.07, 6.45) is 6.09. The summed E-state index contributed by atoms with van der Waals surface area (Å²) in [6.45, 7) is 0. The van der Waals surface area contributed by atoms with Gasteiger partial charge in [0.15, 0.2) is 0 Å². The fraction of sp³-hybridized carbons (Fsp3) is 0.412. The van der Waals surface area contributed by atoms with Crippen molar-refractivity contribution >= 4 is 11.9 Å². The molecule has 1 amide bonds. The highest BCUT2D eigenvalue weighted by atomic mass is 16.5. The molecule has 0 unspecified atom stereocenters. The van der Waals surface area contributed by atoms with Crippen molar-refractivity contribution in [3.63, 3.8) is 0 Å². The summed E-state index contributed by atoms with van der Waals surface area (Å²) >= 11 is 0. The van der Waals surface area contributed by atoms with Crippen molar-refractivity contribution in [1.29, 1.82) is 0 Å². The van der Waals surface area contributed by atoms with E-state index in [1.165, 1.54) is 7.11 Å². The number of hydrogen-bond acceptors (Lipinski definition) is 3. The number of carbonyl (C=O) groups excluding carboxylic acids is 2. The first kappa shape index (κ1) is 15.3. The smallest absolute Gasteiger partial charge is 0.307 e. The molecule has 0 heterocycles. The van der Waals surface area contributed by atoms with Crippen LogP contribution in [0.1, 0.15) is 43.7 Å². The third-order valence-corrected chi connectivity index (χ3v) is 3.69. The van der Waals surface area contributed by atoms with Crippen LogP contribution in [0.4, 0.5) is 0 Å². The standard InChI is InChI=1S/C17H21NO3/c1-21-16(19)12-15(13-8-4-2-5-9-13)18-17(20)14-10-6-3-7-11-14/h2,4-5,8-10,15H,3,6-7,11-12H2,1H3,(H,18,20)/t15-/m1/s1. The normalized spacial score (nSPS) is 15.8. The second-order valence-corrected chi connectivity index (χ2v) is 5.19. The monoisotopic (exact) mass is 287 g/mol. The highest BCUT2D eigenvalue weighted by Crippen LogP contribution is 2.21. The molecular weight excluding hydrogens is 266 g/mol. The van der Waals surface area contributed by atoms with Gasteiger partial charge in [-0.2, -0.15) is 0 Å². The Labute approximate surface area is 125 Å². The molecule has 4 nitrogen and oxygen atoms in total. The summed E-state index contributed by atoms with van der Waals surface area (Å²) < 4.78 is 4.72. The van der Waals surface area contributed by atoms with Crippen LogP contribution in [0.2, 0.25) is 0 Å². The fourth-order valence-corrected chi connectivity index (χ4v) is 2.48. The number of rotatable bonds is 5. The van der Waals surface area contributed by atoms with Crippen LogP contribution in [0.15, 0.2) is 42.0 Å². The van der Waals surface area contributed by atoms with Crippen LogP contribution in [0, 0.1) is 0 Å². The Morgan fingerprint density at radius 2 is 2.00 bits per heavy atom. The molecule has 2 rings (SSSR count). The van der Waals surface area contributed by atoms with E-state index in [0.29, 0.717) is 0 Å². The van der Waals surface area contributed by atoms with Crippen molar-refractivity contribution in [2.45, 2.75) is 38.1 Å². The van der Waals surface area contributed by atoms with Crippen molar-refractivity contribution < 1.29 is 14.3 Å². The van der Waals surface area contributed by atoms with E-state index in [-0.39, 0.29) is 24.3 Å². The third kappa shape index (κ3) is 4.45. The Morgan fingerprint density at radius 1 is 1.24 bits per heavy atom. The zero-order valence-corrected chi connectivity index (χ0v) is 12.3. The van der Waals surface area contributed by atoms with E-state index in [2.05, 4.69) is 5.32 Å². The van der Waals surface area contributed by atoms with Gasteiger partial charge in [0, 0.05) is 5.57 Å². The summed E-state index contributed by atoms with van der Waals surface area (Å²) in [4.78, 5) is 23.9.